The van der Waals surface area contributed by atoms with Gasteiger partial charge in [-0.25, -0.2) is 26.3 Å². The summed E-state index contributed by atoms with van der Waals surface area (Å²) in [6.07, 6.45) is -16.8. The summed E-state index contributed by atoms with van der Waals surface area (Å²) in [5, 5.41) is 0. The lowest BCUT2D eigenvalue weighted by Gasteiger charge is -2.33. The Morgan fingerprint density at radius 1 is 0.900 bits per heavy atom. The number of ether oxygens (including phenoxy) is 1. The number of rotatable bonds is 6. The van der Waals surface area contributed by atoms with Crippen LogP contribution in [0.2, 0.25) is 0 Å². The van der Waals surface area contributed by atoms with E-state index in [0.717, 1.165) is 0 Å². The SMILES string of the molecule is CC(F)(F)C(F)OC(F)(F)C(C(F)(F)F)C(F)(F)CF. The van der Waals surface area contributed by atoms with Crippen molar-refractivity contribution in [3.8, 4) is 0 Å². The zero-order valence-corrected chi connectivity index (χ0v) is 9.43. The zero-order chi connectivity index (χ0) is 16.6. The largest absolute Gasteiger partial charge is 0.406 e. The number of hydrogen-bond acceptors (Lipinski definition) is 1. The van der Waals surface area contributed by atoms with Crippen LogP contribution in [-0.2, 0) is 4.74 Å². The molecule has 0 heterocycles. The Kier molecular flexibility index (Phi) is 5.30. The molecule has 12 heteroatoms. The van der Waals surface area contributed by atoms with E-state index in [4.69, 9.17) is 0 Å². The van der Waals surface area contributed by atoms with Crippen molar-refractivity contribution in [2.75, 3.05) is 6.67 Å². The first-order valence-electron chi connectivity index (χ1n) is 4.63. The van der Waals surface area contributed by atoms with Crippen LogP contribution < -0.4 is 0 Å². The molecule has 0 aromatic rings. The summed E-state index contributed by atoms with van der Waals surface area (Å²) < 4.78 is 138. The molecule has 122 valence electrons. The fraction of sp³-hybridized carbons (Fsp3) is 1.00. The van der Waals surface area contributed by atoms with E-state index in [0.29, 0.717) is 0 Å². The van der Waals surface area contributed by atoms with Gasteiger partial charge in [-0.3, -0.25) is 4.74 Å². The van der Waals surface area contributed by atoms with Gasteiger partial charge in [0.05, 0.1) is 0 Å². The lowest BCUT2D eigenvalue weighted by atomic mass is 10.00. The molecule has 0 aliphatic heterocycles. The monoisotopic (exact) mass is 328 g/mol. The Labute approximate surface area is 104 Å². The number of hydrogen-bond donors (Lipinski definition) is 0. The van der Waals surface area contributed by atoms with Crippen molar-refractivity contribution in [1.82, 2.24) is 0 Å². The van der Waals surface area contributed by atoms with Crippen molar-refractivity contribution >= 4 is 0 Å². The number of halogens is 11. The van der Waals surface area contributed by atoms with E-state index in [-0.39, 0.29) is 6.92 Å². The third-order valence-electron chi connectivity index (χ3n) is 1.92. The van der Waals surface area contributed by atoms with E-state index < -0.39 is 43.1 Å². The zero-order valence-electron chi connectivity index (χ0n) is 9.43. The molecule has 0 rings (SSSR count). The Morgan fingerprint density at radius 3 is 1.55 bits per heavy atom. The highest BCUT2D eigenvalue weighted by atomic mass is 19.4. The van der Waals surface area contributed by atoms with E-state index in [1.54, 1.807) is 0 Å². The molecule has 1 nitrogen and oxygen atoms in total. The van der Waals surface area contributed by atoms with E-state index in [1.165, 1.54) is 0 Å². The van der Waals surface area contributed by atoms with Crippen LogP contribution in [0.4, 0.5) is 48.3 Å². The van der Waals surface area contributed by atoms with Crippen molar-refractivity contribution in [2.45, 2.75) is 37.4 Å². The van der Waals surface area contributed by atoms with E-state index in [9.17, 15) is 48.3 Å². The lowest BCUT2D eigenvalue weighted by Crippen LogP contribution is -2.54. The second kappa shape index (κ2) is 5.53. The summed E-state index contributed by atoms with van der Waals surface area (Å²) in [6, 6.07) is 0. The molecular weight excluding hydrogens is 321 g/mol. The molecule has 0 aromatic carbocycles. The molecule has 0 fully saturated rings. The summed E-state index contributed by atoms with van der Waals surface area (Å²) in [5.41, 5.74) is 0. The summed E-state index contributed by atoms with van der Waals surface area (Å²) >= 11 is 0. The van der Waals surface area contributed by atoms with Gasteiger partial charge in [-0.05, 0) is 0 Å². The fourth-order valence-electron chi connectivity index (χ4n) is 1.06. The summed E-state index contributed by atoms with van der Waals surface area (Å²) in [4.78, 5) is 0. The molecule has 0 spiro atoms. The molecule has 0 N–H and O–H groups in total. The highest BCUT2D eigenvalue weighted by molar-refractivity contribution is 4.89. The summed E-state index contributed by atoms with van der Waals surface area (Å²) in [5.74, 6) is -15.5. The van der Waals surface area contributed by atoms with Crippen molar-refractivity contribution in [1.29, 1.82) is 0 Å². The van der Waals surface area contributed by atoms with Gasteiger partial charge < -0.3 is 0 Å². The fourth-order valence-corrected chi connectivity index (χ4v) is 1.06. The van der Waals surface area contributed by atoms with Crippen LogP contribution in [-0.4, -0.2) is 37.2 Å². The van der Waals surface area contributed by atoms with Crippen LogP contribution in [0.15, 0.2) is 0 Å². The van der Waals surface area contributed by atoms with Gasteiger partial charge in [-0.1, -0.05) is 0 Å². The van der Waals surface area contributed by atoms with Crippen LogP contribution in [0.3, 0.4) is 0 Å². The first kappa shape index (κ1) is 19.2. The van der Waals surface area contributed by atoms with E-state index in [2.05, 4.69) is 4.74 Å². The van der Waals surface area contributed by atoms with Gasteiger partial charge in [0.15, 0.2) is 6.67 Å². The first-order chi connectivity index (χ1) is 8.55. The van der Waals surface area contributed by atoms with Crippen molar-refractivity contribution in [2.24, 2.45) is 5.92 Å². The van der Waals surface area contributed by atoms with Gasteiger partial charge in [0.2, 0.25) is 5.92 Å². The highest BCUT2D eigenvalue weighted by Crippen LogP contribution is 2.49. The molecule has 0 saturated carbocycles. The van der Waals surface area contributed by atoms with Crippen LogP contribution >= 0.6 is 0 Å². The van der Waals surface area contributed by atoms with Gasteiger partial charge in [-0.15, -0.1) is 0 Å². The van der Waals surface area contributed by atoms with Crippen molar-refractivity contribution in [3.63, 3.8) is 0 Å². The molecule has 2 unspecified atom stereocenters. The smallest absolute Gasteiger partial charge is 0.279 e. The van der Waals surface area contributed by atoms with Crippen molar-refractivity contribution in [3.05, 3.63) is 0 Å². The normalized spacial score (nSPS) is 18.0. The second-order valence-electron chi connectivity index (χ2n) is 3.82. The van der Waals surface area contributed by atoms with Crippen LogP contribution in [0.25, 0.3) is 0 Å². The van der Waals surface area contributed by atoms with E-state index >= 15 is 0 Å². The minimum Gasteiger partial charge on any atom is -0.279 e. The van der Waals surface area contributed by atoms with Crippen LogP contribution in [0.1, 0.15) is 6.92 Å². The molecule has 0 amide bonds. The average Bonchev–Trinajstić information content (AvgIpc) is 2.11. The Hall–Kier alpha value is -0.810. The average molecular weight is 328 g/mol. The minimum atomic E-state index is -6.43. The maximum Gasteiger partial charge on any atom is 0.406 e. The molecule has 0 aliphatic rings. The quantitative estimate of drug-likeness (QED) is 0.660. The predicted octanol–water partition coefficient (Wildman–Crippen LogP) is 4.33. The topological polar surface area (TPSA) is 9.23 Å². The maximum absolute atomic E-state index is 12.9. The molecule has 0 aromatic heterocycles. The Bertz CT molecular complexity index is 317. The molecule has 0 radical (unpaired) electrons. The molecule has 0 aliphatic carbocycles. The van der Waals surface area contributed by atoms with Gasteiger partial charge in [-0.2, -0.15) is 22.0 Å². The van der Waals surface area contributed by atoms with Gasteiger partial charge >= 0.3 is 12.3 Å². The summed E-state index contributed by atoms with van der Waals surface area (Å²) in [7, 11) is 0. The minimum absolute atomic E-state index is 0.330. The third-order valence-corrected chi connectivity index (χ3v) is 1.92. The molecule has 20 heavy (non-hydrogen) atoms. The Balaban J connectivity index is 5.48. The van der Waals surface area contributed by atoms with Crippen LogP contribution in [0.5, 0.6) is 0 Å². The molecule has 2 atom stereocenters. The molecule has 0 saturated heterocycles. The first-order valence-corrected chi connectivity index (χ1v) is 4.63. The third kappa shape index (κ3) is 4.63. The number of alkyl halides is 11. The van der Waals surface area contributed by atoms with Crippen LogP contribution in [0, 0.1) is 5.92 Å². The standard InChI is InChI=1S/C8H7F11O/c1-5(11,12)4(10)20-8(18,19)3(7(15,16)17)6(13,14)2-9/h3-4H,2H2,1H3. The molecule has 0 bridgehead atoms. The van der Waals surface area contributed by atoms with Crippen molar-refractivity contribution < 1.29 is 53.0 Å². The predicted molar refractivity (Wildman–Crippen MR) is 42.0 cm³/mol. The Morgan fingerprint density at radius 2 is 1.30 bits per heavy atom. The van der Waals surface area contributed by atoms with Gasteiger partial charge in [0.1, 0.15) is 0 Å². The maximum atomic E-state index is 12.9. The highest BCUT2D eigenvalue weighted by Gasteiger charge is 2.70. The summed E-state index contributed by atoms with van der Waals surface area (Å²) in [6.45, 7) is -3.50. The van der Waals surface area contributed by atoms with Gasteiger partial charge in [0, 0.05) is 6.92 Å². The second-order valence-corrected chi connectivity index (χ2v) is 3.82. The van der Waals surface area contributed by atoms with Gasteiger partial charge in [0.25, 0.3) is 18.2 Å². The lowest BCUT2D eigenvalue weighted by molar-refractivity contribution is -0.411. The molecular formula is C8H7F11O. The van der Waals surface area contributed by atoms with E-state index in [1.807, 2.05) is 0 Å².